The number of allylic oxidation sites excluding steroid dienone is 2. The van der Waals surface area contributed by atoms with Crippen molar-refractivity contribution in [2.75, 3.05) is 0 Å². The van der Waals surface area contributed by atoms with Crippen molar-refractivity contribution >= 4 is 12.1 Å². The van der Waals surface area contributed by atoms with E-state index in [1.807, 2.05) is 26.1 Å². The summed E-state index contributed by atoms with van der Waals surface area (Å²) in [5.41, 5.74) is 6.15. The van der Waals surface area contributed by atoms with E-state index in [0.717, 1.165) is 23.7 Å². The average molecular weight is 300 g/mol. The van der Waals surface area contributed by atoms with Crippen molar-refractivity contribution in [2.45, 2.75) is 47.1 Å². The van der Waals surface area contributed by atoms with E-state index < -0.39 is 0 Å². The van der Waals surface area contributed by atoms with Crippen molar-refractivity contribution < 1.29 is 4.79 Å². The van der Waals surface area contributed by atoms with Crippen molar-refractivity contribution in [3.63, 3.8) is 0 Å². The maximum atomic E-state index is 11.9. The summed E-state index contributed by atoms with van der Waals surface area (Å²) in [4.78, 5) is 11.9. The number of nitrogens with zero attached hydrogens (tertiary/aromatic N) is 3. The van der Waals surface area contributed by atoms with Gasteiger partial charge in [0.1, 0.15) is 6.54 Å². The van der Waals surface area contributed by atoms with Crippen LogP contribution in [0, 0.1) is 31.1 Å². The quantitative estimate of drug-likeness (QED) is 0.686. The van der Waals surface area contributed by atoms with Gasteiger partial charge in [0.15, 0.2) is 0 Å². The molecule has 5 heteroatoms. The molecule has 4 rings (SSSR count). The van der Waals surface area contributed by atoms with Crippen molar-refractivity contribution in [3.8, 4) is 0 Å². The first-order valence-electron chi connectivity index (χ1n) is 7.91. The third-order valence-electron chi connectivity index (χ3n) is 5.31. The second-order valence-electron chi connectivity index (χ2n) is 7.12. The highest BCUT2D eigenvalue weighted by Crippen LogP contribution is 2.58. The van der Waals surface area contributed by atoms with Crippen LogP contribution in [0.1, 0.15) is 38.1 Å². The van der Waals surface area contributed by atoms with Crippen molar-refractivity contribution in [3.05, 3.63) is 29.1 Å². The second-order valence-corrected chi connectivity index (χ2v) is 7.12. The molecule has 0 spiro atoms. The van der Waals surface area contributed by atoms with E-state index in [2.05, 4.69) is 35.5 Å². The lowest BCUT2D eigenvalue weighted by Crippen LogP contribution is -2.48. The van der Waals surface area contributed by atoms with E-state index in [4.69, 9.17) is 0 Å². The van der Waals surface area contributed by atoms with Gasteiger partial charge in [0.05, 0.1) is 11.9 Å². The summed E-state index contributed by atoms with van der Waals surface area (Å²) in [6.07, 6.45) is 6.47. The Hall–Kier alpha value is -1.91. The number of hydrogen-bond acceptors (Lipinski definition) is 3. The molecular weight excluding hydrogens is 276 g/mol. The maximum absolute atomic E-state index is 11.9. The number of hydrazone groups is 1. The Bertz CT molecular complexity index is 654. The highest BCUT2D eigenvalue weighted by atomic mass is 16.2. The molecular formula is C17H24N4O. The summed E-state index contributed by atoms with van der Waals surface area (Å²) >= 11 is 0. The largest absolute Gasteiger partial charge is 0.271 e. The van der Waals surface area contributed by atoms with E-state index in [0.29, 0.717) is 11.3 Å². The molecule has 3 aliphatic rings. The molecule has 1 aromatic rings. The van der Waals surface area contributed by atoms with Gasteiger partial charge in [-0.1, -0.05) is 19.9 Å². The minimum atomic E-state index is -0.149. The summed E-state index contributed by atoms with van der Waals surface area (Å²) in [5, 5.41) is 8.41. The molecule has 0 saturated heterocycles. The molecule has 2 atom stereocenters. The van der Waals surface area contributed by atoms with Crippen LogP contribution in [0.2, 0.25) is 0 Å². The molecule has 0 aliphatic heterocycles. The van der Waals surface area contributed by atoms with Crippen molar-refractivity contribution in [2.24, 2.45) is 22.4 Å². The lowest BCUT2D eigenvalue weighted by molar-refractivity contribution is -0.121. The van der Waals surface area contributed by atoms with Gasteiger partial charge >= 0.3 is 0 Å². The lowest BCUT2D eigenvalue weighted by Gasteiger charge is -2.55. The van der Waals surface area contributed by atoms with Gasteiger partial charge in [-0.2, -0.15) is 10.2 Å². The maximum Gasteiger partial charge on any atom is 0.261 e. The molecule has 1 fully saturated rings. The van der Waals surface area contributed by atoms with Crippen LogP contribution in [0.25, 0.3) is 0 Å². The number of hydrogen-bond donors (Lipinski definition) is 1. The Labute approximate surface area is 131 Å². The standard InChI is InChI=1S/C17H24N4O/c1-11-7-12(2)21(20-11)10-16(22)19-18-9-13-5-6-14-8-15(13)17(14,3)4/h5,7,9,14-15H,6,8,10H2,1-4H3,(H,19,22)/b18-9-/t14-,15+/m1/s1. The fraction of sp³-hybridized carbons (Fsp3) is 0.588. The molecule has 3 aliphatic carbocycles. The highest BCUT2D eigenvalue weighted by molar-refractivity contribution is 5.83. The van der Waals surface area contributed by atoms with Crippen molar-refractivity contribution in [1.82, 2.24) is 15.2 Å². The SMILES string of the molecule is Cc1cc(C)n(CC(=O)N/N=C\C2=CC[C@@H]3C[C@@H]2C3(C)C)n1. The molecule has 0 radical (unpaired) electrons. The molecule has 118 valence electrons. The Balaban J connectivity index is 1.55. The van der Waals surface area contributed by atoms with E-state index in [1.54, 1.807) is 4.68 Å². The predicted molar refractivity (Wildman–Crippen MR) is 86.4 cm³/mol. The first-order valence-corrected chi connectivity index (χ1v) is 7.91. The van der Waals surface area contributed by atoms with Crippen LogP contribution in [0.5, 0.6) is 0 Å². The van der Waals surface area contributed by atoms with Gasteiger partial charge in [-0.05, 0) is 55.6 Å². The third-order valence-corrected chi connectivity index (χ3v) is 5.31. The molecule has 22 heavy (non-hydrogen) atoms. The molecule has 1 aromatic heterocycles. The fourth-order valence-electron chi connectivity index (χ4n) is 3.73. The van der Waals surface area contributed by atoms with E-state index in [1.165, 1.54) is 12.0 Å². The molecule has 1 heterocycles. The predicted octanol–water partition coefficient (Wildman–Crippen LogP) is 2.59. The van der Waals surface area contributed by atoms with Gasteiger partial charge in [-0.15, -0.1) is 0 Å². The van der Waals surface area contributed by atoms with Crippen LogP contribution >= 0.6 is 0 Å². The van der Waals surface area contributed by atoms with Gasteiger partial charge in [0.2, 0.25) is 0 Å². The molecule has 0 aromatic carbocycles. The molecule has 1 saturated carbocycles. The molecule has 1 N–H and O–H groups in total. The number of aromatic nitrogens is 2. The van der Waals surface area contributed by atoms with Crippen LogP contribution in [-0.2, 0) is 11.3 Å². The van der Waals surface area contributed by atoms with Gasteiger partial charge < -0.3 is 0 Å². The van der Waals surface area contributed by atoms with E-state index in [-0.39, 0.29) is 12.5 Å². The number of carbonyl (C=O) groups excluding carboxylic acids is 1. The Morgan fingerprint density at radius 3 is 2.91 bits per heavy atom. The van der Waals surface area contributed by atoms with Crippen molar-refractivity contribution in [1.29, 1.82) is 0 Å². The zero-order chi connectivity index (χ0) is 15.9. The zero-order valence-corrected chi connectivity index (χ0v) is 13.8. The summed E-state index contributed by atoms with van der Waals surface area (Å²) in [7, 11) is 0. The number of nitrogens with one attached hydrogen (secondary N) is 1. The topological polar surface area (TPSA) is 59.3 Å². The minimum Gasteiger partial charge on any atom is -0.271 e. The monoisotopic (exact) mass is 300 g/mol. The Morgan fingerprint density at radius 2 is 2.32 bits per heavy atom. The number of amides is 1. The Kier molecular flexibility index (Phi) is 3.67. The van der Waals surface area contributed by atoms with Gasteiger partial charge in [0, 0.05) is 5.69 Å². The first-order chi connectivity index (χ1) is 10.4. The number of rotatable bonds is 4. The van der Waals surface area contributed by atoms with Crippen LogP contribution in [0.15, 0.2) is 22.8 Å². The molecule has 2 bridgehead atoms. The molecule has 1 amide bonds. The average Bonchev–Trinajstić information content (AvgIpc) is 2.76. The summed E-state index contributed by atoms with van der Waals surface area (Å²) in [6.45, 7) is 8.72. The third kappa shape index (κ3) is 2.60. The highest BCUT2D eigenvalue weighted by Gasteiger charge is 2.50. The van der Waals surface area contributed by atoms with Crippen LogP contribution in [0.3, 0.4) is 0 Å². The van der Waals surface area contributed by atoms with Gasteiger partial charge in [-0.25, -0.2) is 5.43 Å². The second kappa shape index (κ2) is 5.38. The summed E-state index contributed by atoms with van der Waals surface area (Å²) in [6, 6.07) is 1.96. The van der Waals surface area contributed by atoms with E-state index >= 15 is 0 Å². The van der Waals surface area contributed by atoms with Crippen LogP contribution in [0.4, 0.5) is 0 Å². The van der Waals surface area contributed by atoms with Gasteiger partial charge in [-0.3, -0.25) is 9.48 Å². The summed E-state index contributed by atoms with van der Waals surface area (Å²) < 4.78 is 1.69. The van der Waals surface area contributed by atoms with E-state index in [9.17, 15) is 4.79 Å². The molecule has 5 nitrogen and oxygen atoms in total. The van der Waals surface area contributed by atoms with Crippen LogP contribution < -0.4 is 5.43 Å². The number of fused-ring (bicyclic) bond motifs is 1. The fourth-order valence-corrected chi connectivity index (χ4v) is 3.73. The number of carbonyl (C=O) groups is 1. The molecule has 0 unspecified atom stereocenters. The summed E-state index contributed by atoms with van der Waals surface area (Å²) in [5.74, 6) is 1.25. The first kappa shape index (κ1) is 15.0. The smallest absolute Gasteiger partial charge is 0.261 e. The normalized spacial score (nSPS) is 25.7. The Morgan fingerprint density at radius 1 is 1.55 bits per heavy atom. The zero-order valence-electron chi connectivity index (χ0n) is 13.8. The van der Waals surface area contributed by atoms with Crippen LogP contribution in [-0.4, -0.2) is 21.9 Å². The van der Waals surface area contributed by atoms with Gasteiger partial charge in [0.25, 0.3) is 5.91 Å². The lowest BCUT2D eigenvalue weighted by atomic mass is 9.49. The minimum absolute atomic E-state index is 0.149. The number of aryl methyl sites for hydroxylation is 2.